The van der Waals surface area contributed by atoms with E-state index in [1.165, 1.54) is 0 Å². The molecule has 0 N–H and O–H groups in total. The Bertz CT molecular complexity index is 1480. The van der Waals surface area contributed by atoms with Crippen molar-refractivity contribution in [2.24, 2.45) is 0 Å². The molecule has 12 nitrogen and oxygen atoms in total. The van der Waals surface area contributed by atoms with Crippen LogP contribution in [0.4, 0.5) is 0 Å². The molecular weight excluding hydrogens is 428 g/mol. The van der Waals surface area contributed by atoms with Gasteiger partial charge in [0, 0.05) is 12.1 Å². The average Bonchev–Trinajstić information content (AvgIpc) is 3.47. The van der Waals surface area contributed by atoms with E-state index in [9.17, 15) is 0 Å². The summed E-state index contributed by atoms with van der Waals surface area (Å²) in [5.41, 5.74) is 4.47. The van der Waals surface area contributed by atoms with Gasteiger partial charge in [-0.15, -0.1) is 15.3 Å². The standard InChI is InChI=1S/C21H20N8O4/c1-11-6-15(27-33-11)20-24-23-18-7-17(30-3)21(26-29(18)20)32-8-13-4-5-16-19(22-13)12(2)25-28(16)14-9-31-10-14/h4-7,14H,8-10H2,1-3H3. The van der Waals surface area contributed by atoms with Crippen LogP contribution in [0.25, 0.3) is 28.2 Å². The molecule has 1 saturated heterocycles. The average molecular weight is 448 g/mol. The second-order valence-electron chi connectivity index (χ2n) is 7.81. The number of aryl methyl sites for hydroxylation is 2. The number of pyridine rings is 1. The summed E-state index contributed by atoms with van der Waals surface area (Å²) in [6.07, 6.45) is 0. The van der Waals surface area contributed by atoms with E-state index in [0.29, 0.717) is 41.9 Å². The minimum absolute atomic E-state index is 0.197. The zero-order valence-corrected chi connectivity index (χ0v) is 18.2. The smallest absolute Gasteiger partial charge is 0.275 e. The molecule has 6 rings (SSSR count). The van der Waals surface area contributed by atoms with Crippen LogP contribution < -0.4 is 9.47 Å². The fourth-order valence-electron chi connectivity index (χ4n) is 3.75. The van der Waals surface area contributed by atoms with Gasteiger partial charge >= 0.3 is 0 Å². The van der Waals surface area contributed by atoms with Crippen LogP contribution in [0.15, 0.2) is 28.8 Å². The van der Waals surface area contributed by atoms with Crippen LogP contribution in [0.3, 0.4) is 0 Å². The quantitative estimate of drug-likeness (QED) is 0.382. The summed E-state index contributed by atoms with van der Waals surface area (Å²) >= 11 is 0. The minimum Gasteiger partial charge on any atom is -0.491 e. The molecule has 5 aromatic heterocycles. The molecule has 33 heavy (non-hydrogen) atoms. The lowest BCUT2D eigenvalue weighted by atomic mass is 10.2. The van der Waals surface area contributed by atoms with Gasteiger partial charge in [0.1, 0.15) is 17.9 Å². The monoisotopic (exact) mass is 448 g/mol. The van der Waals surface area contributed by atoms with Gasteiger partial charge in [-0.2, -0.15) is 9.61 Å². The Kier molecular flexibility index (Phi) is 4.47. The first kappa shape index (κ1) is 19.6. The zero-order valence-electron chi connectivity index (χ0n) is 18.2. The number of rotatable bonds is 6. The maximum atomic E-state index is 6.00. The van der Waals surface area contributed by atoms with E-state index in [1.807, 2.05) is 23.7 Å². The third kappa shape index (κ3) is 3.26. The lowest BCUT2D eigenvalue weighted by Crippen LogP contribution is -2.31. The number of hydrogen-bond acceptors (Lipinski definition) is 10. The molecule has 0 unspecified atom stereocenters. The van der Waals surface area contributed by atoms with E-state index in [2.05, 4.69) is 25.6 Å². The third-order valence-electron chi connectivity index (χ3n) is 5.51. The van der Waals surface area contributed by atoms with E-state index < -0.39 is 0 Å². The highest BCUT2D eigenvalue weighted by atomic mass is 16.5. The van der Waals surface area contributed by atoms with Crippen LogP contribution in [0.5, 0.6) is 11.6 Å². The lowest BCUT2D eigenvalue weighted by Gasteiger charge is -2.26. The number of aromatic nitrogens is 8. The molecule has 168 valence electrons. The molecule has 12 heteroatoms. The molecule has 0 atom stereocenters. The van der Waals surface area contributed by atoms with Crippen molar-refractivity contribution < 1.29 is 18.7 Å². The van der Waals surface area contributed by atoms with Crippen molar-refractivity contribution in [2.45, 2.75) is 26.5 Å². The molecular formula is C21H20N8O4. The molecule has 0 saturated carbocycles. The molecule has 0 amide bonds. The van der Waals surface area contributed by atoms with Crippen molar-refractivity contribution in [1.82, 2.24) is 39.7 Å². The summed E-state index contributed by atoms with van der Waals surface area (Å²) < 4.78 is 25.4. The first-order chi connectivity index (χ1) is 16.1. The Hall–Kier alpha value is -4.06. The normalized spacial score (nSPS) is 14.2. The summed E-state index contributed by atoms with van der Waals surface area (Å²) in [4.78, 5) is 4.76. The van der Waals surface area contributed by atoms with E-state index in [-0.39, 0.29) is 18.5 Å². The fourth-order valence-corrected chi connectivity index (χ4v) is 3.75. The van der Waals surface area contributed by atoms with Crippen molar-refractivity contribution in [3.8, 4) is 23.1 Å². The van der Waals surface area contributed by atoms with Crippen molar-refractivity contribution in [1.29, 1.82) is 0 Å². The van der Waals surface area contributed by atoms with E-state index in [0.717, 1.165) is 22.4 Å². The van der Waals surface area contributed by atoms with Crippen molar-refractivity contribution in [2.75, 3.05) is 20.3 Å². The fraction of sp³-hybridized carbons (Fsp3) is 0.333. The highest BCUT2D eigenvalue weighted by molar-refractivity contribution is 5.77. The SMILES string of the molecule is COc1cc2nnc(-c3cc(C)on3)n2nc1OCc1ccc2c(n1)c(C)nn2C1COC1. The van der Waals surface area contributed by atoms with E-state index in [1.54, 1.807) is 30.7 Å². The summed E-state index contributed by atoms with van der Waals surface area (Å²) in [7, 11) is 1.55. The Balaban J connectivity index is 1.31. The van der Waals surface area contributed by atoms with Crippen LogP contribution in [0.2, 0.25) is 0 Å². The molecule has 0 spiro atoms. The summed E-state index contributed by atoms with van der Waals surface area (Å²) in [5, 5.41) is 21.5. The number of nitrogens with zero attached hydrogens (tertiary/aromatic N) is 8. The van der Waals surface area contributed by atoms with Gasteiger partial charge in [0.15, 0.2) is 17.1 Å². The molecule has 1 aliphatic heterocycles. The summed E-state index contributed by atoms with van der Waals surface area (Å²) in [6, 6.07) is 7.67. The van der Waals surface area contributed by atoms with Gasteiger partial charge in [-0.05, 0) is 26.0 Å². The Morgan fingerprint density at radius 3 is 2.73 bits per heavy atom. The van der Waals surface area contributed by atoms with Gasteiger partial charge in [-0.3, -0.25) is 4.68 Å². The van der Waals surface area contributed by atoms with Crippen LogP contribution in [-0.2, 0) is 11.3 Å². The number of hydrogen-bond donors (Lipinski definition) is 0. The molecule has 1 aliphatic rings. The maximum absolute atomic E-state index is 6.00. The van der Waals surface area contributed by atoms with Gasteiger partial charge in [0.2, 0.25) is 5.82 Å². The van der Waals surface area contributed by atoms with E-state index >= 15 is 0 Å². The van der Waals surface area contributed by atoms with Gasteiger partial charge in [0.05, 0.1) is 43.3 Å². The highest BCUT2D eigenvalue weighted by Gasteiger charge is 2.24. The largest absolute Gasteiger partial charge is 0.491 e. The topological polar surface area (TPSA) is 128 Å². The van der Waals surface area contributed by atoms with Gasteiger partial charge in [-0.1, -0.05) is 5.16 Å². The predicted molar refractivity (Wildman–Crippen MR) is 114 cm³/mol. The first-order valence-electron chi connectivity index (χ1n) is 10.4. The van der Waals surface area contributed by atoms with Crippen molar-refractivity contribution in [3.63, 3.8) is 0 Å². The second kappa shape index (κ2) is 7.52. The molecule has 0 aromatic carbocycles. The van der Waals surface area contributed by atoms with Crippen LogP contribution in [0, 0.1) is 13.8 Å². The van der Waals surface area contributed by atoms with Gasteiger partial charge < -0.3 is 18.7 Å². The molecule has 1 fully saturated rings. The Morgan fingerprint density at radius 1 is 1.12 bits per heavy atom. The van der Waals surface area contributed by atoms with Crippen LogP contribution >= 0.6 is 0 Å². The molecule has 6 heterocycles. The highest BCUT2D eigenvalue weighted by Crippen LogP contribution is 2.29. The predicted octanol–water partition coefficient (Wildman–Crippen LogP) is 2.30. The Labute approximate surface area is 187 Å². The summed E-state index contributed by atoms with van der Waals surface area (Å²) in [6.45, 7) is 5.30. The summed E-state index contributed by atoms with van der Waals surface area (Å²) in [5.74, 6) is 1.83. The number of methoxy groups -OCH3 is 1. The molecule has 5 aromatic rings. The van der Waals surface area contributed by atoms with Crippen LogP contribution in [0.1, 0.15) is 23.2 Å². The van der Waals surface area contributed by atoms with Crippen molar-refractivity contribution in [3.05, 3.63) is 41.4 Å². The molecule has 0 radical (unpaired) electrons. The number of fused-ring (bicyclic) bond motifs is 2. The molecule has 0 aliphatic carbocycles. The first-order valence-corrected chi connectivity index (χ1v) is 10.4. The second-order valence-corrected chi connectivity index (χ2v) is 7.81. The zero-order chi connectivity index (χ0) is 22.5. The molecule has 0 bridgehead atoms. The maximum Gasteiger partial charge on any atom is 0.275 e. The van der Waals surface area contributed by atoms with E-state index in [4.69, 9.17) is 23.7 Å². The minimum atomic E-state index is 0.197. The van der Waals surface area contributed by atoms with Crippen LogP contribution in [-0.4, -0.2) is 60.1 Å². The Morgan fingerprint density at radius 2 is 2.00 bits per heavy atom. The van der Waals surface area contributed by atoms with Gasteiger partial charge in [0.25, 0.3) is 5.88 Å². The lowest BCUT2D eigenvalue weighted by molar-refractivity contribution is -0.0267. The van der Waals surface area contributed by atoms with Crippen molar-refractivity contribution >= 4 is 16.7 Å². The third-order valence-corrected chi connectivity index (χ3v) is 5.51. The number of ether oxygens (including phenoxy) is 3. The van der Waals surface area contributed by atoms with Gasteiger partial charge in [-0.25, -0.2) is 4.98 Å².